The second kappa shape index (κ2) is 5.67. The third kappa shape index (κ3) is 2.97. The molecule has 1 atom stereocenters. The summed E-state index contributed by atoms with van der Waals surface area (Å²) >= 11 is 0. The Kier molecular flexibility index (Phi) is 4.22. The average Bonchev–Trinajstić information content (AvgIpc) is 2.83. The minimum Gasteiger partial charge on any atom is -0.353 e. The Balaban J connectivity index is 1.76. The Bertz CT molecular complexity index is 230. The quantitative estimate of drug-likeness (QED) is 0.766. The van der Waals surface area contributed by atoms with Crippen LogP contribution in [0.4, 0.5) is 0 Å². The van der Waals surface area contributed by atoms with Crippen LogP contribution in [0.5, 0.6) is 0 Å². The van der Waals surface area contributed by atoms with E-state index in [9.17, 15) is 4.79 Å². The molecule has 1 saturated carbocycles. The van der Waals surface area contributed by atoms with E-state index < -0.39 is 0 Å². The van der Waals surface area contributed by atoms with Gasteiger partial charge in [0.05, 0.1) is 0 Å². The highest BCUT2D eigenvalue weighted by atomic mass is 16.1. The molecular formula is C13H24N2O. The molecule has 3 nitrogen and oxygen atoms in total. The molecule has 2 fully saturated rings. The normalized spacial score (nSPS) is 25.6. The second-order valence-electron chi connectivity index (χ2n) is 5.37. The summed E-state index contributed by atoms with van der Waals surface area (Å²) in [6.45, 7) is 4.17. The molecule has 0 radical (unpaired) electrons. The third-order valence-corrected chi connectivity index (χ3v) is 4.19. The van der Waals surface area contributed by atoms with Gasteiger partial charge in [-0.15, -0.1) is 0 Å². The molecule has 1 aliphatic carbocycles. The summed E-state index contributed by atoms with van der Waals surface area (Å²) in [5.41, 5.74) is 0. The Hall–Kier alpha value is -0.570. The van der Waals surface area contributed by atoms with Gasteiger partial charge >= 0.3 is 0 Å². The molecule has 0 aromatic carbocycles. The van der Waals surface area contributed by atoms with Crippen molar-refractivity contribution in [2.75, 3.05) is 13.1 Å². The second-order valence-corrected chi connectivity index (χ2v) is 5.37. The van der Waals surface area contributed by atoms with Gasteiger partial charge in [0, 0.05) is 12.0 Å². The predicted molar refractivity (Wildman–Crippen MR) is 65.2 cm³/mol. The number of hydrogen-bond donors (Lipinski definition) is 2. The number of nitrogens with one attached hydrogen (secondary N) is 2. The van der Waals surface area contributed by atoms with E-state index in [1.807, 2.05) is 0 Å². The summed E-state index contributed by atoms with van der Waals surface area (Å²) in [7, 11) is 0. The van der Waals surface area contributed by atoms with Gasteiger partial charge in [-0.3, -0.25) is 4.79 Å². The molecular weight excluding hydrogens is 200 g/mol. The van der Waals surface area contributed by atoms with E-state index in [4.69, 9.17) is 0 Å². The fourth-order valence-corrected chi connectivity index (χ4v) is 3.00. The highest BCUT2D eigenvalue weighted by Crippen LogP contribution is 2.27. The summed E-state index contributed by atoms with van der Waals surface area (Å²) in [5, 5.41) is 6.52. The van der Waals surface area contributed by atoms with Crippen molar-refractivity contribution in [1.82, 2.24) is 10.6 Å². The number of carbonyl (C=O) groups is 1. The van der Waals surface area contributed by atoms with Gasteiger partial charge in [0.2, 0.25) is 5.91 Å². The van der Waals surface area contributed by atoms with E-state index in [2.05, 4.69) is 17.6 Å². The molecule has 2 rings (SSSR count). The van der Waals surface area contributed by atoms with Gasteiger partial charge < -0.3 is 10.6 Å². The molecule has 16 heavy (non-hydrogen) atoms. The maximum absolute atomic E-state index is 12.0. The SMILES string of the molecule is CC(NC(=O)C1CCNCC1)C1CCCC1. The monoisotopic (exact) mass is 224 g/mol. The lowest BCUT2D eigenvalue weighted by molar-refractivity contribution is -0.126. The van der Waals surface area contributed by atoms with E-state index in [0.29, 0.717) is 11.9 Å². The highest BCUT2D eigenvalue weighted by Gasteiger charge is 2.26. The largest absolute Gasteiger partial charge is 0.353 e. The van der Waals surface area contributed by atoms with E-state index in [-0.39, 0.29) is 5.92 Å². The number of hydrogen-bond acceptors (Lipinski definition) is 2. The van der Waals surface area contributed by atoms with Crippen molar-refractivity contribution in [3.63, 3.8) is 0 Å². The van der Waals surface area contributed by atoms with Crippen LogP contribution in [0.15, 0.2) is 0 Å². The molecule has 0 bridgehead atoms. The van der Waals surface area contributed by atoms with Gasteiger partial charge in [0.15, 0.2) is 0 Å². The van der Waals surface area contributed by atoms with Crippen molar-refractivity contribution >= 4 is 5.91 Å². The highest BCUT2D eigenvalue weighted by molar-refractivity contribution is 5.79. The molecule has 1 unspecified atom stereocenters. The maximum Gasteiger partial charge on any atom is 0.223 e. The summed E-state index contributed by atoms with van der Waals surface area (Å²) < 4.78 is 0. The van der Waals surface area contributed by atoms with Crippen LogP contribution in [-0.2, 0) is 4.79 Å². The van der Waals surface area contributed by atoms with E-state index >= 15 is 0 Å². The Morgan fingerprint density at radius 2 is 1.81 bits per heavy atom. The van der Waals surface area contributed by atoms with Gasteiger partial charge in [-0.2, -0.15) is 0 Å². The molecule has 2 N–H and O–H groups in total. The van der Waals surface area contributed by atoms with Gasteiger partial charge in [0.1, 0.15) is 0 Å². The Labute approximate surface area is 98.4 Å². The zero-order valence-electron chi connectivity index (χ0n) is 10.3. The van der Waals surface area contributed by atoms with Crippen molar-refractivity contribution in [2.24, 2.45) is 11.8 Å². The fourth-order valence-electron chi connectivity index (χ4n) is 3.00. The van der Waals surface area contributed by atoms with Crippen LogP contribution in [-0.4, -0.2) is 25.0 Å². The first kappa shape index (κ1) is 11.9. The lowest BCUT2D eigenvalue weighted by Gasteiger charge is -2.26. The summed E-state index contributed by atoms with van der Waals surface area (Å²) in [6, 6.07) is 0.380. The van der Waals surface area contributed by atoms with Crippen LogP contribution < -0.4 is 10.6 Å². The van der Waals surface area contributed by atoms with Gasteiger partial charge in [-0.1, -0.05) is 12.8 Å². The maximum atomic E-state index is 12.0. The number of rotatable bonds is 3. The van der Waals surface area contributed by atoms with Crippen molar-refractivity contribution in [3.05, 3.63) is 0 Å². The van der Waals surface area contributed by atoms with Crippen LogP contribution in [0.25, 0.3) is 0 Å². The molecule has 2 aliphatic rings. The van der Waals surface area contributed by atoms with Crippen LogP contribution in [0, 0.1) is 11.8 Å². The van der Waals surface area contributed by atoms with Crippen LogP contribution in [0.2, 0.25) is 0 Å². The number of carbonyl (C=O) groups excluding carboxylic acids is 1. The molecule has 3 heteroatoms. The zero-order valence-corrected chi connectivity index (χ0v) is 10.3. The Morgan fingerprint density at radius 1 is 1.19 bits per heavy atom. The molecule has 1 amide bonds. The smallest absolute Gasteiger partial charge is 0.223 e. The van der Waals surface area contributed by atoms with Gasteiger partial charge in [0.25, 0.3) is 0 Å². The van der Waals surface area contributed by atoms with Gasteiger partial charge in [-0.25, -0.2) is 0 Å². The lowest BCUT2D eigenvalue weighted by atomic mass is 9.95. The van der Waals surface area contributed by atoms with Gasteiger partial charge in [-0.05, 0) is 51.6 Å². The van der Waals surface area contributed by atoms with Crippen LogP contribution >= 0.6 is 0 Å². The molecule has 1 heterocycles. The molecule has 0 aromatic rings. The summed E-state index contributed by atoms with van der Waals surface area (Å²) in [6.07, 6.45) is 7.30. The fraction of sp³-hybridized carbons (Fsp3) is 0.923. The minimum atomic E-state index is 0.255. The first-order valence-corrected chi connectivity index (χ1v) is 6.78. The standard InChI is InChI=1S/C13H24N2O/c1-10(11-4-2-3-5-11)15-13(16)12-6-8-14-9-7-12/h10-12,14H,2-9H2,1H3,(H,15,16). The Morgan fingerprint density at radius 3 is 2.44 bits per heavy atom. The summed E-state index contributed by atoms with van der Waals surface area (Å²) in [5.74, 6) is 1.27. The molecule has 0 spiro atoms. The molecule has 0 aromatic heterocycles. The number of piperidine rings is 1. The molecule has 1 aliphatic heterocycles. The predicted octanol–water partition coefficient (Wildman–Crippen LogP) is 1.68. The van der Waals surface area contributed by atoms with E-state index in [1.165, 1.54) is 25.7 Å². The molecule has 92 valence electrons. The zero-order chi connectivity index (χ0) is 11.4. The van der Waals surface area contributed by atoms with Crippen LogP contribution in [0.1, 0.15) is 45.4 Å². The minimum absolute atomic E-state index is 0.255. The van der Waals surface area contributed by atoms with Crippen LogP contribution in [0.3, 0.4) is 0 Å². The lowest BCUT2D eigenvalue weighted by Crippen LogP contribution is -2.43. The average molecular weight is 224 g/mol. The van der Waals surface area contributed by atoms with Crippen molar-refractivity contribution in [1.29, 1.82) is 0 Å². The molecule has 1 saturated heterocycles. The number of amides is 1. The topological polar surface area (TPSA) is 41.1 Å². The first-order valence-electron chi connectivity index (χ1n) is 6.78. The third-order valence-electron chi connectivity index (χ3n) is 4.19. The van der Waals surface area contributed by atoms with E-state index in [1.54, 1.807) is 0 Å². The van der Waals surface area contributed by atoms with E-state index in [0.717, 1.165) is 31.8 Å². The van der Waals surface area contributed by atoms with Crippen molar-refractivity contribution in [2.45, 2.75) is 51.5 Å². The van der Waals surface area contributed by atoms with Crippen molar-refractivity contribution < 1.29 is 4.79 Å². The first-order chi connectivity index (χ1) is 7.77. The summed E-state index contributed by atoms with van der Waals surface area (Å²) in [4.78, 5) is 12.0. The van der Waals surface area contributed by atoms with Crippen molar-refractivity contribution in [3.8, 4) is 0 Å².